The molecular formula is C15H20N2O2. The summed E-state index contributed by atoms with van der Waals surface area (Å²) in [6.07, 6.45) is 1.04. The number of nitrogens with one attached hydrogen (secondary N) is 2. The van der Waals surface area contributed by atoms with E-state index < -0.39 is 0 Å². The van der Waals surface area contributed by atoms with Crippen molar-refractivity contribution in [3.05, 3.63) is 35.9 Å². The molecule has 0 spiro atoms. The number of hydrogen-bond acceptors (Lipinski definition) is 2. The molecule has 1 heterocycles. The van der Waals surface area contributed by atoms with E-state index in [9.17, 15) is 9.59 Å². The van der Waals surface area contributed by atoms with Crippen LogP contribution in [0.25, 0.3) is 0 Å². The summed E-state index contributed by atoms with van der Waals surface area (Å²) >= 11 is 0. The molecule has 1 fully saturated rings. The second-order valence-electron chi connectivity index (χ2n) is 5.63. The number of carbonyl (C=O) groups is 2. The summed E-state index contributed by atoms with van der Waals surface area (Å²) < 4.78 is 0. The zero-order valence-corrected chi connectivity index (χ0v) is 11.4. The fourth-order valence-electron chi connectivity index (χ4n) is 2.23. The zero-order chi connectivity index (χ0) is 13.9. The normalized spacial score (nSPS) is 19.1. The van der Waals surface area contributed by atoms with E-state index in [-0.39, 0.29) is 23.3 Å². The number of hydrogen-bond donors (Lipinski definition) is 2. The highest BCUT2D eigenvalue weighted by Crippen LogP contribution is 2.21. The van der Waals surface area contributed by atoms with Crippen LogP contribution in [0.5, 0.6) is 0 Å². The summed E-state index contributed by atoms with van der Waals surface area (Å²) in [5.41, 5.74) is 1.06. The average molecular weight is 260 g/mol. The fraction of sp³-hybridized carbons (Fsp3) is 0.467. The molecule has 1 atom stereocenters. The summed E-state index contributed by atoms with van der Waals surface area (Å²) in [6.45, 7) is 4.74. The van der Waals surface area contributed by atoms with Crippen LogP contribution < -0.4 is 10.6 Å². The molecule has 4 nitrogen and oxygen atoms in total. The van der Waals surface area contributed by atoms with Gasteiger partial charge in [-0.25, -0.2) is 0 Å². The minimum Gasteiger partial charge on any atom is -0.353 e. The van der Waals surface area contributed by atoms with Gasteiger partial charge >= 0.3 is 0 Å². The number of amides is 2. The third-order valence-corrected chi connectivity index (χ3v) is 3.57. The Labute approximate surface area is 113 Å². The Balaban J connectivity index is 1.91. The minimum absolute atomic E-state index is 0.0394. The van der Waals surface area contributed by atoms with Gasteiger partial charge in [-0.3, -0.25) is 9.59 Å². The van der Waals surface area contributed by atoms with Crippen molar-refractivity contribution in [1.82, 2.24) is 10.6 Å². The van der Waals surface area contributed by atoms with Gasteiger partial charge in [-0.1, -0.05) is 44.2 Å². The number of benzene rings is 1. The highest BCUT2D eigenvalue weighted by Gasteiger charge is 2.28. The maximum absolute atomic E-state index is 11.9. The largest absolute Gasteiger partial charge is 0.353 e. The lowest BCUT2D eigenvalue weighted by molar-refractivity contribution is -0.125. The van der Waals surface area contributed by atoms with E-state index in [1.807, 2.05) is 18.2 Å². The van der Waals surface area contributed by atoms with Crippen molar-refractivity contribution in [3.8, 4) is 0 Å². The van der Waals surface area contributed by atoms with Crippen molar-refractivity contribution in [3.63, 3.8) is 0 Å². The molecule has 0 aromatic heterocycles. The van der Waals surface area contributed by atoms with Crippen molar-refractivity contribution in [2.75, 3.05) is 6.54 Å². The van der Waals surface area contributed by atoms with Crippen molar-refractivity contribution in [2.45, 2.75) is 38.1 Å². The van der Waals surface area contributed by atoms with Crippen LogP contribution in [0.15, 0.2) is 30.3 Å². The molecule has 1 aliphatic heterocycles. The monoisotopic (exact) mass is 260 g/mol. The van der Waals surface area contributed by atoms with Gasteiger partial charge in [0, 0.05) is 18.4 Å². The van der Waals surface area contributed by atoms with Crippen LogP contribution in [0.1, 0.15) is 32.3 Å². The summed E-state index contributed by atoms with van der Waals surface area (Å²) in [5, 5.41) is 5.61. The lowest BCUT2D eigenvalue weighted by atomic mass is 9.84. The maximum atomic E-state index is 11.9. The van der Waals surface area contributed by atoms with E-state index in [2.05, 4.69) is 36.6 Å². The molecule has 19 heavy (non-hydrogen) atoms. The fourth-order valence-corrected chi connectivity index (χ4v) is 2.23. The van der Waals surface area contributed by atoms with Crippen LogP contribution in [0, 0.1) is 0 Å². The number of carbonyl (C=O) groups excluding carboxylic acids is 2. The quantitative estimate of drug-likeness (QED) is 0.858. The molecular weight excluding hydrogens is 240 g/mol. The molecule has 0 saturated carbocycles. The molecule has 2 amide bonds. The van der Waals surface area contributed by atoms with E-state index in [0.29, 0.717) is 19.4 Å². The van der Waals surface area contributed by atoms with E-state index in [0.717, 1.165) is 0 Å². The van der Waals surface area contributed by atoms with Crippen LogP contribution >= 0.6 is 0 Å². The van der Waals surface area contributed by atoms with Gasteiger partial charge in [0.25, 0.3) is 0 Å². The van der Waals surface area contributed by atoms with Crippen LogP contribution in [0.2, 0.25) is 0 Å². The van der Waals surface area contributed by atoms with E-state index in [4.69, 9.17) is 0 Å². The van der Waals surface area contributed by atoms with E-state index in [1.165, 1.54) is 5.56 Å². The van der Waals surface area contributed by atoms with Gasteiger partial charge in [0.1, 0.15) is 6.04 Å². The zero-order valence-electron chi connectivity index (χ0n) is 11.4. The molecule has 0 radical (unpaired) electrons. The van der Waals surface area contributed by atoms with Crippen LogP contribution in [0.4, 0.5) is 0 Å². The van der Waals surface area contributed by atoms with Gasteiger partial charge in [-0.2, -0.15) is 0 Å². The molecule has 2 N–H and O–H groups in total. The first kappa shape index (κ1) is 13.6. The van der Waals surface area contributed by atoms with E-state index >= 15 is 0 Å². The van der Waals surface area contributed by atoms with Crippen molar-refractivity contribution < 1.29 is 9.59 Å². The van der Waals surface area contributed by atoms with Crippen LogP contribution in [-0.4, -0.2) is 24.4 Å². The standard InChI is InChI=1S/C15H20N2O2/c1-15(2,11-6-4-3-5-7-11)10-16-14(19)12-8-9-13(18)17-12/h3-7,12H,8-10H2,1-2H3,(H,16,19)(H,17,18). The smallest absolute Gasteiger partial charge is 0.242 e. The molecule has 2 rings (SSSR count). The SMILES string of the molecule is CC(C)(CNC(=O)C1CCC(=O)N1)c1ccccc1. The topological polar surface area (TPSA) is 58.2 Å². The Morgan fingerprint density at radius 1 is 1.37 bits per heavy atom. The summed E-state index contributed by atoms with van der Waals surface area (Å²) in [5.74, 6) is -0.127. The first-order chi connectivity index (χ1) is 8.99. The Hall–Kier alpha value is -1.84. The van der Waals surface area contributed by atoms with Gasteiger partial charge < -0.3 is 10.6 Å². The second-order valence-corrected chi connectivity index (χ2v) is 5.63. The second kappa shape index (κ2) is 5.43. The molecule has 1 aromatic rings. The first-order valence-electron chi connectivity index (χ1n) is 6.62. The molecule has 1 unspecified atom stereocenters. The number of rotatable bonds is 4. The molecule has 1 aromatic carbocycles. The average Bonchev–Trinajstić information content (AvgIpc) is 2.84. The third kappa shape index (κ3) is 3.34. The van der Waals surface area contributed by atoms with Crippen LogP contribution in [-0.2, 0) is 15.0 Å². The molecule has 0 bridgehead atoms. The third-order valence-electron chi connectivity index (χ3n) is 3.57. The predicted octanol–water partition coefficient (Wildman–Crippen LogP) is 1.36. The minimum atomic E-state index is -0.362. The Morgan fingerprint density at radius 2 is 2.05 bits per heavy atom. The summed E-state index contributed by atoms with van der Waals surface area (Å²) in [6, 6.07) is 9.73. The molecule has 0 aliphatic carbocycles. The van der Waals surface area contributed by atoms with Gasteiger partial charge in [0.05, 0.1) is 0 Å². The summed E-state index contributed by atoms with van der Waals surface area (Å²) in [4.78, 5) is 23.0. The first-order valence-corrected chi connectivity index (χ1v) is 6.62. The van der Waals surface area contributed by atoms with Gasteiger partial charge in [-0.05, 0) is 12.0 Å². The lowest BCUT2D eigenvalue weighted by Crippen LogP contribution is -2.45. The lowest BCUT2D eigenvalue weighted by Gasteiger charge is -2.26. The Kier molecular flexibility index (Phi) is 3.88. The van der Waals surface area contributed by atoms with Crippen molar-refractivity contribution in [1.29, 1.82) is 0 Å². The van der Waals surface area contributed by atoms with Crippen molar-refractivity contribution >= 4 is 11.8 Å². The molecule has 1 aliphatic rings. The van der Waals surface area contributed by atoms with Crippen molar-refractivity contribution in [2.24, 2.45) is 0 Å². The molecule has 4 heteroatoms. The Morgan fingerprint density at radius 3 is 2.63 bits per heavy atom. The van der Waals surface area contributed by atoms with Gasteiger partial charge in [0.15, 0.2) is 0 Å². The predicted molar refractivity (Wildman–Crippen MR) is 73.6 cm³/mol. The highest BCUT2D eigenvalue weighted by atomic mass is 16.2. The van der Waals surface area contributed by atoms with Gasteiger partial charge in [-0.15, -0.1) is 0 Å². The highest BCUT2D eigenvalue weighted by molar-refractivity contribution is 5.90. The van der Waals surface area contributed by atoms with E-state index in [1.54, 1.807) is 0 Å². The maximum Gasteiger partial charge on any atom is 0.242 e. The molecule has 1 saturated heterocycles. The van der Waals surface area contributed by atoms with Crippen LogP contribution in [0.3, 0.4) is 0 Å². The molecule has 102 valence electrons. The Bertz CT molecular complexity index is 468. The van der Waals surface area contributed by atoms with Gasteiger partial charge in [0.2, 0.25) is 11.8 Å². The summed E-state index contributed by atoms with van der Waals surface area (Å²) in [7, 11) is 0.